The van der Waals surface area contributed by atoms with Crippen LogP contribution in [0.15, 0.2) is 0 Å². The molecule has 0 bridgehead atoms. The third kappa shape index (κ3) is 20.8. The molecule has 0 aromatic carbocycles. The lowest BCUT2D eigenvalue weighted by atomic mass is 10.0. The topological polar surface area (TPSA) is 0 Å². The first-order chi connectivity index (χ1) is 8.91. The quantitative estimate of drug-likeness (QED) is 0.274. The SMILES string of the molecule is Cl.[CH2]CCCCCCCCCCCCCCCCC. The molecule has 0 heterocycles. The first-order valence-electron chi connectivity index (χ1n) is 8.71. The molecular weight excluding hydrogens is 252 g/mol. The van der Waals surface area contributed by atoms with Gasteiger partial charge in [0.15, 0.2) is 0 Å². The molecule has 1 heteroatoms. The van der Waals surface area contributed by atoms with Crippen LogP contribution in [0.4, 0.5) is 0 Å². The molecule has 0 fully saturated rings. The second-order valence-electron chi connectivity index (χ2n) is 5.80. The van der Waals surface area contributed by atoms with Crippen LogP contribution in [-0.2, 0) is 0 Å². The lowest BCUT2D eigenvalue weighted by Gasteiger charge is -2.03. The van der Waals surface area contributed by atoms with E-state index in [2.05, 4.69) is 13.8 Å². The fourth-order valence-corrected chi connectivity index (χ4v) is 2.55. The summed E-state index contributed by atoms with van der Waals surface area (Å²) in [5, 5.41) is 0. The zero-order valence-electron chi connectivity index (χ0n) is 13.4. The van der Waals surface area contributed by atoms with E-state index in [1.165, 1.54) is 96.3 Å². The van der Waals surface area contributed by atoms with Crippen LogP contribution in [0.1, 0.15) is 110 Å². The maximum atomic E-state index is 3.88. The zero-order valence-corrected chi connectivity index (χ0v) is 14.2. The zero-order chi connectivity index (χ0) is 13.3. The van der Waals surface area contributed by atoms with Crippen molar-refractivity contribution in [2.24, 2.45) is 0 Å². The van der Waals surface area contributed by atoms with Crippen molar-refractivity contribution in [3.05, 3.63) is 6.92 Å². The number of unbranched alkanes of at least 4 members (excludes halogenated alkanes) is 15. The lowest BCUT2D eigenvalue weighted by molar-refractivity contribution is 0.533. The maximum Gasteiger partial charge on any atom is -0.0533 e. The molecule has 0 N–H and O–H groups in total. The normalized spacial score (nSPS) is 10.4. The van der Waals surface area contributed by atoms with Gasteiger partial charge in [-0.25, -0.2) is 0 Å². The highest BCUT2D eigenvalue weighted by Crippen LogP contribution is 2.13. The summed E-state index contributed by atoms with van der Waals surface area (Å²) in [5.41, 5.74) is 0. The maximum absolute atomic E-state index is 3.88. The van der Waals surface area contributed by atoms with Crippen molar-refractivity contribution >= 4 is 12.4 Å². The lowest BCUT2D eigenvalue weighted by Crippen LogP contribution is -1.83. The molecule has 117 valence electrons. The minimum atomic E-state index is 0. The summed E-state index contributed by atoms with van der Waals surface area (Å²) in [4.78, 5) is 0. The van der Waals surface area contributed by atoms with Crippen molar-refractivity contribution in [1.29, 1.82) is 0 Å². The Morgan fingerprint density at radius 2 is 0.737 bits per heavy atom. The van der Waals surface area contributed by atoms with Gasteiger partial charge < -0.3 is 0 Å². The molecule has 0 aliphatic rings. The van der Waals surface area contributed by atoms with Crippen LogP contribution < -0.4 is 0 Å². The third-order valence-electron chi connectivity index (χ3n) is 3.85. The average Bonchev–Trinajstić information content (AvgIpc) is 2.39. The molecule has 0 aromatic rings. The molecule has 0 amide bonds. The van der Waals surface area contributed by atoms with Crippen LogP contribution in [0.5, 0.6) is 0 Å². The number of rotatable bonds is 15. The van der Waals surface area contributed by atoms with E-state index >= 15 is 0 Å². The standard InChI is InChI=1S/C18H37.ClH/c1-3-5-7-9-11-13-15-17-18-16-14-12-10-8-6-4-2;/h1,3-18H2,2H3;1H. The predicted molar refractivity (Wildman–Crippen MR) is 92.2 cm³/mol. The highest BCUT2D eigenvalue weighted by molar-refractivity contribution is 5.85. The van der Waals surface area contributed by atoms with E-state index in [1.807, 2.05) is 0 Å². The molecule has 0 saturated carbocycles. The van der Waals surface area contributed by atoms with E-state index < -0.39 is 0 Å². The Morgan fingerprint density at radius 3 is 1.00 bits per heavy atom. The van der Waals surface area contributed by atoms with Crippen LogP contribution in [0.2, 0.25) is 0 Å². The summed E-state index contributed by atoms with van der Waals surface area (Å²) in [6.07, 6.45) is 22.8. The van der Waals surface area contributed by atoms with Gasteiger partial charge in [-0.15, -0.1) is 12.4 Å². The fraction of sp³-hybridized carbons (Fsp3) is 0.944. The van der Waals surface area contributed by atoms with Crippen molar-refractivity contribution in [3.8, 4) is 0 Å². The molecular formula is C18H38Cl. The summed E-state index contributed by atoms with van der Waals surface area (Å²) >= 11 is 0. The first kappa shape index (κ1) is 21.6. The van der Waals surface area contributed by atoms with E-state index in [-0.39, 0.29) is 12.4 Å². The first-order valence-corrected chi connectivity index (χ1v) is 8.71. The van der Waals surface area contributed by atoms with Gasteiger partial charge in [-0.05, 0) is 0 Å². The molecule has 0 aliphatic heterocycles. The Labute approximate surface area is 129 Å². The highest BCUT2D eigenvalue weighted by Gasteiger charge is 1.93. The van der Waals surface area contributed by atoms with Crippen molar-refractivity contribution in [3.63, 3.8) is 0 Å². The minimum absolute atomic E-state index is 0. The van der Waals surface area contributed by atoms with Crippen molar-refractivity contribution in [1.82, 2.24) is 0 Å². The summed E-state index contributed by atoms with van der Waals surface area (Å²) in [7, 11) is 0. The smallest absolute Gasteiger partial charge is 0.0533 e. The van der Waals surface area contributed by atoms with Crippen LogP contribution in [0.25, 0.3) is 0 Å². The van der Waals surface area contributed by atoms with Gasteiger partial charge in [0.1, 0.15) is 0 Å². The van der Waals surface area contributed by atoms with Gasteiger partial charge in [-0.2, -0.15) is 0 Å². The minimum Gasteiger partial charge on any atom is -0.147 e. The van der Waals surface area contributed by atoms with Gasteiger partial charge in [0, 0.05) is 0 Å². The van der Waals surface area contributed by atoms with Crippen LogP contribution in [-0.4, -0.2) is 0 Å². The second-order valence-corrected chi connectivity index (χ2v) is 5.80. The largest absolute Gasteiger partial charge is 0.147 e. The third-order valence-corrected chi connectivity index (χ3v) is 3.85. The Balaban J connectivity index is 0. The molecule has 0 aromatic heterocycles. The fourth-order valence-electron chi connectivity index (χ4n) is 2.55. The Kier molecular flexibility index (Phi) is 23.4. The number of hydrogen-bond acceptors (Lipinski definition) is 0. The second kappa shape index (κ2) is 20.6. The van der Waals surface area contributed by atoms with E-state index in [0.717, 1.165) is 6.42 Å². The molecule has 1 radical (unpaired) electrons. The molecule has 0 rings (SSSR count). The van der Waals surface area contributed by atoms with Crippen molar-refractivity contribution in [2.45, 2.75) is 110 Å². The Bertz CT molecular complexity index is 118. The van der Waals surface area contributed by atoms with Crippen LogP contribution in [0, 0.1) is 6.92 Å². The van der Waals surface area contributed by atoms with Crippen molar-refractivity contribution in [2.75, 3.05) is 0 Å². The Morgan fingerprint density at radius 1 is 0.474 bits per heavy atom. The van der Waals surface area contributed by atoms with Gasteiger partial charge in [-0.3, -0.25) is 0 Å². The molecule has 0 aliphatic carbocycles. The molecule has 0 atom stereocenters. The van der Waals surface area contributed by atoms with Gasteiger partial charge in [-0.1, -0.05) is 117 Å². The predicted octanol–water partition coefficient (Wildman–Crippen LogP) is 7.50. The average molecular weight is 290 g/mol. The Hall–Kier alpha value is 0.290. The van der Waals surface area contributed by atoms with Gasteiger partial charge >= 0.3 is 0 Å². The summed E-state index contributed by atoms with van der Waals surface area (Å²) in [5.74, 6) is 0. The summed E-state index contributed by atoms with van der Waals surface area (Å²) < 4.78 is 0. The summed E-state index contributed by atoms with van der Waals surface area (Å²) in [6.45, 7) is 6.18. The van der Waals surface area contributed by atoms with Gasteiger partial charge in [0.25, 0.3) is 0 Å². The number of halogens is 1. The van der Waals surface area contributed by atoms with E-state index in [1.54, 1.807) is 0 Å². The molecule has 0 nitrogen and oxygen atoms in total. The molecule has 19 heavy (non-hydrogen) atoms. The van der Waals surface area contributed by atoms with Gasteiger partial charge in [0.2, 0.25) is 0 Å². The van der Waals surface area contributed by atoms with E-state index in [4.69, 9.17) is 0 Å². The van der Waals surface area contributed by atoms with E-state index in [0.29, 0.717) is 0 Å². The van der Waals surface area contributed by atoms with Crippen molar-refractivity contribution < 1.29 is 0 Å². The highest BCUT2D eigenvalue weighted by atomic mass is 35.5. The molecule has 0 saturated heterocycles. The molecule has 0 unspecified atom stereocenters. The van der Waals surface area contributed by atoms with Crippen LogP contribution in [0.3, 0.4) is 0 Å². The monoisotopic (exact) mass is 289 g/mol. The van der Waals surface area contributed by atoms with E-state index in [9.17, 15) is 0 Å². The van der Waals surface area contributed by atoms with Crippen LogP contribution >= 0.6 is 12.4 Å². The number of hydrogen-bond donors (Lipinski definition) is 0. The summed E-state index contributed by atoms with van der Waals surface area (Å²) in [6, 6.07) is 0. The van der Waals surface area contributed by atoms with Gasteiger partial charge in [0.05, 0.1) is 0 Å². The molecule has 0 spiro atoms.